The monoisotopic (exact) mass is 591 g/mol. The number of methoxy groups -OCH3 is 1. The third-order valence-electron chi connectivity index (χ3n) is 7.84. The van der Waals surface area contributed by atoms with Gasteiger partial charge in [-0.05, 0) is 57.3 Å². The molecule has 2 aromatic rings. The van der Waals surface area contributed by atoms with E-state index in [1.807, 2.05) is 56.3 Å². The highest BCUT2D eigenvalue weighted by Gasteiger charge is 2.44. The number of nitrogens with zero attached hydrogens (tertiary/aromatic N) is 2. The molecule has 2 aliphatic heterocycles. The molecule has 0 radical (unpaired) electrons. The quantitative estimate of drug-likeness (QED) is 0.379. The molecule has 11 nitrogen and oxygen atoms in total. The van der Waals surface area contributed by atoms with Gasteiger partial charge in [0.1, 0.15) is 29.7 Å². The van der Waals surface area contributed by atoms with E-state index in [9.17, 15) is 19.2 Å². The summed E-state index contributed by atoms with van der Waals surface area (Å²) in [7, 11) is 5.21. The topological polar surface area (TPSA) is 129 Å². The van der Waals surface area contributed by atoms with Crippen LogP contribution in [0.5, 0.6) is 11.5 Å². The van der Waals surface area contributed by atoms with E-state index in [1.165, 1.54) is 11.1 Å². The van der Waals surface area contributed by atoms with Crippen LogP contribution >= 0.6 is 0 Å². The van der Waals surface area contributed by atoms with Gasteiger partial charge in [-0.1, -0.05) is 30.3 Å². The fraction of sp³-hybridized carbons (Fsp3) is 0.438. The molecule has 0 spiro atoms. The van der Waals surface area contributed by atoms with Crippen LogP contribution in [-0.4, -0.2) is 92.0 Å². The SMILES string of the molecule is COc1ccc2cc1/C=C/NC(=O)C(Cc1ccccc1)NC(=O)C1C(CCN1C(=O)CCCNC(=O)C(C)N(C)C)O2. The fourth-order valence-corrected chi connectivity index (χ4v) is 5.18. The lowest BCUT2D eigenvalue weighted by molar-refractivity contribution is -0.141. The maximum absolute atomic E-state index is 13.9. The summed E-state index contributed by atoms with van der Waals surface area (Å²) in [5.74, 6) is -0.0726. The van der Waals surface area contributed by atoms with Gasteiger partial charge in [0.15, 0.2) is 0 Å². The number of benzene rings is 2. The first kappa shape index (κ1) is 31.6. The lowest BCUT2D eigenvalue weighted by Crippen LogP contribution is -2.56. The van der Waals surface area contributed by atoms with Gasteiger partial charge in [0.25, 0.3) is 0 Å². The van der Waals surface area contributed by atoms with Crippen molar-refractivity contribution in [2.45, 2.75) is 56.8 Å². The lowest BCUT2D eigenvalue weighted by atomic mass is 10.0. The van der Waals surface area contributed by atoms with Crippen LogP contribution in [-0.2, 0) is 25.6 Å². The Labute approximate surface area is 252 Å². The van der Waals surface area contributed by atoms with Crippen molar-refractivity contribution < 1.29 is 28.7 Å². The largest absolute Gasteiger partial charge is 0.496 e. The van der Waals surface area contributed by atoms with Gasteiger partial charge in [-0.2, -0.15) is 0 Å². The van der Waals surface area contributed by atoms with E-state index in [-0.39, 0.29) is 36.6 Å². The summed E-state index contributed by atoms with van der Waals surface area (Å²) in [6.45, 7) is 2.47. The standard InChI is InChI=1S/C32H41N5O6/c1-21(36(2)3)30(39)33-16-8-11-28(38)37-18-15-27-29(37)32(41)35-25(19-22-9-6-5-7-10-22)31(40)34-17-14-23-20-24(43-27)12-13-26(23)42-4/h5-7,9-10,12-14,17,20-21,25,27,29H,8,11,15-16,18-19H2,1-4H3,(H,33,39)(H,34,40)(H,35,41)/b17-14+. The van der Waals surface area contributed by atoms with E-state index in [2.05, 4.69) is 16.0 Å². The Kier molecular flexibility index (Phi) is 10.8. The maximum atomic E-state index is 13.9. The zero-order valence-electron chi connectivity index (χ0n) is 25.2. The zero-order valence-corrected chi connectivity index (χ0v) is 25.2. The molecule has 0 aromatic heterocycles. The smallest absolute Gasteiger partial charge is 0.247 e. The Balaban J connectivity index is 1.55. The molecule has 1 saturated heterocycles. The van der Waals surface area contributed by atoms with Crippen molar-refractivity contribution in [2.75, 3.05) is 34.3 Å². The summed E-state index contributed by atoms with van der Waals surface area (Å²) >= 11 is 0. The molecule has 4 unspecified atom stereocenters. The van der Waals surface area contributed by atoms with Gasteiger partial charge in [0, 0.05) is 44.1 Å². The first-order chi connectivity index (χ1) is 20.7. The van der Waals surface area contributed by atoms with E-state index in [1.54, 1.807) is 31.4 Å². The van der Waals surface area contributed by atoms with Gasteiger partial charge in [0.2, 0.25) is 23.6 Å². The highest BCUT2D eigenvalue weighted by molar-refractivity contribution is 5.93. The van der Waals surface area contributed by atoms with Crippen LogP contribution in [0.1, 0.15) is 37.3 Å². The summed E-state index contributed by atoms with van der Waals surface area (Å²) in [4.78, 5) is 56.2. The minimum atomic E-state index is -0.943. The number of amides is 4. The van der Waals surface area contributed by atoms with Crippen LogP contribution in [0.2, 0.25) is 0 Å². The van der Waals surface area contributed by atoms with Crippen LogP contribution in [0, 0.1) is 0 Å². The van der Waals surface area contributed by atoms with E-state index in [4.69, 9.17) is 9.47 Å². The molecule has 2 bridgehead atoms. The Morgan fingerprint density at radius 3 is 2.63 bits per heavy atom. The summed E-state index contributed by atoms with van der Waals surface area (Å²) in [6.07, 6.45) is 3.87. The second-order valence-electron chi connectivity index (χ2n) is 11.0. The molecule has 2 heterocycles. The number of nitrogens with one attached hydrogen (secondary N) is 3. The van der Waals surface area contributed by atoms with Crippen LogP contribution in [0.3, 0.4) is 0 Å². The number of carbonyl (C=O) groups is 4. The van der Waals surface area contributed by atoms with Gasteiger partial charge in [-0.3, -0.25) is 24.1 Å². The molecule has 4 atom stereocenters. The number of hydrogen-bond acceptors (Lipinski definition) is 7. The van der Waals surface area contributed by atoms with Gasteiger partial charge in [0.05, 0.1) is 13.2 Å². The average Bonchev–Trinajstić information content (AvgIpc) is 3.42. The molecule has 4 rings (SSSR count). The Hall–Kier alpha value is -4.38. The van der Waals surface area contributed by atoms with Crippen molar-refractivity contribution in [1.82, 2.24) is 25.8 Å². The van der Waals surface area contributed by atoms with Crippen molar-refractivity contribution in [3.05, 3.63) is 65.9 Å². The summed E-state index contributed by atoms with van der Waals surface area (Å²) in [5, 5.41) is 8.53. The molecule has 4 amide bonds. The molecule has 0 aliphatic carbocycles. The zero-order chi connectivity index (χ0) is 30.9. The lowest BCUT2D eigenvalue weighted by Gasteiger charge is -2.29. The second-order valence-corrected chi connectivity index (χ2v) is 11.0. The fourth-order valence-electron chi connectivity index (χ4n) is 5.18. The van der Waals surface area contributed by atoms with Crippen LogP contribution < -0.4 is 25.4 Å². The van der Waals surface area contributed by atoms with Crippen molar-refractivity contribution >= 4 is 29.7 Å². The minimum absolute atomic E-state index is 0.113. The third kappa shape index (κ3) is 8.13. The average molecular weight is 592 g/mol. The van der Waals surface area contributed by atoms with Crippen LogP contribution in [0.15, 0.2) is 54.7 Å². The van der Waals surface area contributed by atoms with Gasteiger partial charge in [-0.25, -0.2) is 0 Å². The minimum Gasteiger partial charge on any atom is -0.496 e. The van der Waals surface area contributed by atoms with Gasteiger partial charge in [-0.15, -0.1) is 0 Å². The molecule has 0 saturated carbocycles. The maximum Gasteiger partial charge on any atom is 0.247 e. The molecule has 1 fully saturated rings. The van der Waals surface area contributed by atoms with Crippen molar-refractivity contribution in [2.24, 2.45) is 0 Å². The van der Waals surface area contributed by atoms with Gasteiger partial charge < -0.3 is 30.3 Å². The highest BCUT2D eigenvalue weighted by atomic mass is 16.5. The number of likely N-dealkylation sites (N-methyl/N-ethyl adjacent to an activating group) is 1. The molecular formula is C32H41N5O6. The summed E-state index contributed by atoms with van der Waals surface area (Å²) < 4.78 is 11.8. The molecule has 43 heavy (non-hydrogen) atoms. The molecule has 2 aromatic carbocycles. The van der Waals surface area contributed by atoms with Crippen LogP contribution in [0.25, 0.3) is 6.08 Å². The highest BCUT2D eigenvalue weighted by Crippen LogP contribution is 2.30. The number of carbonyl (C=O) groups excluding carboxylic acids is 4. The summed E-state index contributed by atoms with van der Waals surface area (Å²) in [6, 6.07) is 12.6. The molecule has 230 valence electrons. The Morgan fingerprint density at radius 2 is 1.91 bits per heavy atom. The second kappa shape index (κ2) is 14.7. The number of rotatable bonds is 9. The predicted octanol–water partition coefficient (Wildman–Crippen LogP) is 1.72. The van der Waals surface area contributed by atoms with Gasteiger partial charge >= 0.3 is 0 Å². The first-order valence-corrected chi connectivity index (χ1v) is 14.6. The number of fused-ring (bicyclic) bond motifs is 3. The number of ether oxygens (including phenoxy) is 2. The van der Waals surface area contributed by atoms with Crippen molar-refractivity contribution in [1.29, 1.82) is 0 Å². The number of hydrogen-bond donors (Lipinski definition) is 3. The van der Waals surface area contributed by atoms with E-state index in [0.29, 0.717) is 43.0 Å². The van der Waals surface area contributed by atoms with Crippen molar-refractivity contribution in [3.8, 4) is 11.5 Å². The Bertz CT molecular complexity index is 1330. The molecule has 3 N–H and O–H groups in total. The first-order valence-electron chi connectivity index (χ1n) is 14.6. The predicted molar refractivity (Wildman–Crippen MR) is 162 cm³/mol. The number of likely N-dealkylation sites (tertiary alicyclic amines) is 1. The van der Waals surface area contributed by atoms with Crippen molar-refractivity contribution in [3.63, 3.8) is 0 Å². The van der Waals surface area contributed by atoms with Crippen LogP contribution in [0.4, 0.5) is 0 Å². The summed E-state index contributed by atoms with van der Waals surface area (Å²) in [5.41, 5.74) is 1.56. The molecule has 2 aliphatic rings. The molecular weight excluding hydrogens is 550 g/mol. The third-order valence-corrected chi connectivity index (χ3v) is 7.84. The normalized spacial score (nSPS) is 21.6. The van der Waals surface area contributed by atoms with E-state index >= 15 is 0 Å². The Morgan fingerprint density at radius 1 is 1.14 bits per heavy atom. The molecule has 11 heteroatoms. The van der Waals surface area contributed by atoms with E-state index < -0.39 is 24.1 Å². The van der Waals surface area contributed by atoms with E-state index in [0.717, 1.165) is 5.56 Å².